The van der Waals surface area contributed by atoms with E-state index in [4.69, 9.17) is 5.11 Å². The molecule has 0 saturated carbocycles. The number of hydrogen-bond acceptors (Lipinski definition) is 7. The highest BCUT2D eigenvalue weighted by molar-refractivity contribution is 7.89. The van der Waals surface area contributed by atoms with Crippen molar-refractivity contribution in [2.45, 2.75) is 17.7 Å². The molecule has 1 saturated heterocycles. The molecule has 40 heavy (non-hydrogen) atoms. The van der Waals surface area contributed by atoms with Crippen molar-refractivity contribution in [2.24, 2.45) is 5.92 Å². The van der Waals surface area contributed by atoms with Gasteiger partial charge in [-0.1, -0.05) is 6.07 Å². The van der Waals surface area contributed by atoms with Gasteiger partial charge in [0, 0.05) is 44.6 Å². The number of Topliss-reactive ketones (excluding diaryl/α,β-unsaturated/α-hetero) is 2. The normalized spacial score (nSPS) is 15.6. The van der Waals surface area contributed by atoms with E-state index < -0.39 is 98.5 Å². The lowest BCUT2D eigenvalue weighted by Crippen LogP contribution is -2.50. The number of benzene rings is 2. The van der Waals surface area contributed by atoms with Crippen molar-refractivity contribution < 1.29 is 59.0 Å². The van der Waals surface area contributed by atoms with Crippen LogP contribution in [0, 0.1) is 40.8 Å². The van der Waals surface area contributed by atoms with Crippen LogP contribution in [0.4, 0.5) is 26.3 Å². The van der Waals surface area contributed by atoms with Crippen molar-refractivity contribution in [3.8, 4) is 5.75 Å². The Bertz CT molecular complexity index is 1370. The molecule has 1 fully saturated rings. The van der Waals surface area contributed by atoms with Gasteiger partial charge in [0.2, 0.25) is 21.7 Å². The van der Waals surface area contributed by atoms with Gasteiger partial charge in [0.05, 0.1) is 13.0 Å². The minimum atomic E-state index is -4.51. The lowest BCUT2D eigenvalue weighted by Gasteiger charge is -2.33. The number of carbonyl (C=O) groups excluding carboxylic acids is 2. The Kier molecular flexibility index (Phi) is 9.92. The summed E-state index contributed by atoms with van der Waals surface area (Å²) < 4.78 is 113. The van der Waals surface area contributed by atoms with E-state index >= 15 is 0 Å². The topological polar surface area (TPSA) is 121 Å². The molecule has 2 aromatic carbocycles. The zero-order valence-electron chi connectivity index (χ0n) is 20.5. The van der Waals surface area contributed by atoms with Crippen LogP contribution >= 0.6 is 0 Å². The van der Waals surface area contributed by atoms with Gasteiger partial charge in [0.25, 0.3) is 0 Å². The maximum atomic E-state index is 14.0. The monoisotopic (exact) mass is 596 g/mol. The van der Waals surface area contributed by atoms with E-state index in [1.807, 2.05) is 0 Å². The van der Waals surface area contributed by atoms with Gasteiger partial charge in [-0.3, -0.25) is 19.3 Å². The first-order valence-corrected chi connectivity index (χ1v) is 13.0. The zero-order valence-corrected chi connectivity index (χ0v) is 21.3. The van der Waals surface area contributed by atoms with E-state index in [-0.39, 0.29) is 38.8 Å². The third-order valence-corrected chi connectivity index (χ3v) is 7.98. The minimum absolute atomic E-state index is 0.0363. The van der Waals surface area contributed by atoms with Crippen LogP contribution in [0.3, 0.4) is 0 Å². The number of carboxylic acid groups (broad SMARTS) is 1. The van der Waals surface area contributed by atoms with Crippen LogP contribution in [0.1, 0.15) is 12.8 Å². The molecule has 0 amide bonds. The van der Waals surface area contributed by atoms with Crippen molar-refractivity contribution in [1.29, 1.82) is 0 Å². The second-order valence-electron chi connectivity index (χ2n) is 8.82. The summed E-state index contributed by atoms with van der Waals surface area (Å²) in [6.07, 6.45) is -1.51. The van der Waals surface area contributed by atoms with Crippen LogP contribution in [-0.2, 0) is 24.4 Å². The number of sulfonamides is 1. The summed E-state index contributed by atoms with van der Waals surface area (Å²) in [5.74, 6) is -16.2. The van der Waals surface area contributed by atoms with Crippen LogP contribution in [-0.4, -0.2) is 79.6 Å². The van der Waals surface area contributed by atoms with Crippen LogP contribution in [0.2, 0.25) is 0 Å². The van der Waals surface area contributed by atoms with Crippen molar-refractivity contribution in [3.63, 3.8) is 0 Å². The molecule has 1 N–H and O–H groups in total. The maximum absolute atomic E-state index is 14.0. The predicted octanol–water partition coefficient (Wildman–Crippen LogP) is 2.53. The highest BCUT2D eigenvalue weighted by atomic mass is 32.2. The molecule has 0 unspecified atom stereocenters. The summed E-state index contributed by atoms with van der Waals surface area (Å²) in [6.45, 7) is -2.06. The molecule has 0 bridgehead atoms. The third kappa shape index (κ3) is 7.17. The van der Waals surface area contributed by atoms with Crippen LogP contribution < -0.4 is 4.74 Å². The van der Waals surface area contributed by atoms with Gasteiger partial charge < -0.3 is 9.84 Å². The summed E-state index contributed by atoms with van der Waals surface area (Å²) >= 11 is 0. The first-order chi connectivity index (χ1) is 18.7. The number of piperazine rings is 1. The van der Waals surface area contributed by atoms with E-state index in [0.29, 0.717) is 0 Å². The number of ether oxygens (including phenoxy) is 1. The van der Waals surface area contributed by atoms with Gasteiger partial charge in [0.1, 0.15) is 24.0 Å². The molecular formula is C24H22F6N2O7S. The Labute approximate surface area is 224 Å². The second kappa shape index (κ2) is 12.8. The summed E-state index contributed by atoms with van der Waals surface area (Å²) in [5.41, 5.74) is 0. The summed E-state index contributed by atoms with van der Waals surface area (Å²) in [7, 11) is -4.51. The molecule has 0 spiro atoms. The zero-order chi connectivity index (χ0) is 29.8. The Morgan fingerprint density at radius 3 is 1.95 bits per heavy atom. The molecule has 0 aliphatic carbocycles. The molecule has 0 radical (unpaired) electrons. The van der Waals surface area contributed by atoms with E-state index in [1.165, 1.54) is 4.90 Å². The number of nitrogens with zero attached hydrogens (tertiary/aromatic N) is 2. The first kappa shape index (κ1) is 31.0. The summed E-state index contributed by atoms with van der Waals surface area (Å²) in [4.78, 5) is 36.7. The van der Waals surface area contributed by atoms with Crippen LogP contribution in [0.15, 0.2) is 29.2 Å². The van der Waals surface area contributed by atoms with Crippen molar-refractivity contribution in [2.75, 3.05) is 39.3 Å². The van der Waals surface area contributed by atoms with Crippen molar-refractivity contribution in [1.82, 2.24) is 9.21 Å². The number of hydrogen-bond donors (Lipinski definition) is 1. The van der Waals surface area contributed by atoms with Crippen molar-refractivity contribution >= 4 is 27.6 Å². The molecule has 2 aromatic rings. The number of carbonyl (C=O) groups is 3. The minimum Gasteiger partial charge on any atom is -0.481 e. The fourth-order valence-corrected chi connectivity index (χ4v) is 5.56. The predicted molar refractivity (Wildman–Crippen MR) is 124 cm³/mol. The largest absolute Gasteiger partial charge is 0.481 e. The average molecular weight is 597 g/mol. The Balaban J connectivity index is 1.59. The SMILES string of the molecule is O=C(O)C[C@H](CC(=O)CN1CCN(S(=O)(=O)c2c(F)cccc2F)CC1)C(=O)COc1c(F)c(F)cc(F)c1F. The number of rotatable bonds is 12. The van der Waals surface area contributed by atoms with Gasteiger partial charge in [0.15, 0.2) is 28.1 Å². The van der Waals surface area contributed by atoms with E-state index in [0.717, 1.165) is 22.5 Å². The lowest BCUT2D eigenvalue weighted by atomic mass is 9.94. The maximum Gasteiger partial charge on any atom is 0.304 e. The highest BCUT2D eigenvalue weighted by Crippen LogP contribution is 2.27. The quantitative estimate of drug-likeness (QED) is 0.293. The fraction of sp³-hybridized carbons (Fsp3) is 0.375. The molecule has 1 heterocycles. The average Bonchev–Trinajstić information content (AvgIpc) is 2.86. The molecule has 1 atom stereocenters. The standard InChI is InChI=1S/C24H22F6N2O7S/c25-15-2-1-3-16(26)24(15)40(37,38)32-6-4-31(5-7-32)11-14(33)8-13(9-20(35)36)19(34)12-39-23-21(29)17(27)10-18(28)22(23)30/h1-3,10,13H,4-9,11-12H2,(H,35,36)/t13-/m0/s1. The molecule has 9 nitrogen and oxygen atoms in total. The van der Waals surface area contributed by atoms with Crippen molar-refractivity contribution in [3.05, 3.63) is 59.2 Å². The first-order valence-electron chi connectivity index (χ1n) is 11.6. The number of halogens is 6. The molecule has 1 aliphatic rings. The number of ketones is 2. The summed E-state index contributed by atoms with van der Waals surface area (Å²) in [6, 6.07) is 2.54. The van der Waals surface area contributed by atoms with Gasteiger partial charge in [-0.25, -0.2) is 26.0 Å². The van der Waals surface area contributed by atoms with Crippen LogP contribution in [0.25, 0.3) is 0 Å². The molecule has 0 aromatic heterocycles. The number of carboxylic acids is 1. The third-order valence-electron chi connectivity index (χ3n) is 6.03. The number of aliphatic carboxylic acids is 1. The molecule has 16 heteroatoms. The molecular weight excluding hydrogens is 574 g/mol. The second-order valence-corrected chi connectivity index (χ2v) is 10.7. The van der Waals surface area contributed by atoms with Crippen LogP contribution in [0.5, 0.6) is 5.75 Å². The van der Waals surface area contributed by atoms with E-state index in [9.17, 15) is 49.1 Å². The lowest BCUT2D eigenvalue weighted by molar-refractivity contribution is -0.141. The summed E-state index contributed by atoms with van der Waals surface area (Å²) in [5, 5.41) is 9.10. The van der Waals surface area contributed by atoms with Gasteiger partial charge >= 0.3 is 5.97 Å². The van der Waals surface area contributed by atoms with E-state index in [1.54, 1.807) is 0 Å². The Morgan fingerprint density at radius 2 is 1.43 bits per heavy atom. The highest BCUT2D eigenvalue weighted by Gasteiger charge is 2.34. The van der Waals surface area contributed by atoms with Gasteiger partial charge in [-0.2, -0.15) is 13.1 Å². The van der Waals surface area contributed by atoms with E-state index in [2.05, 4.69) is 4.74 Å². The fourth-order valence-electron chi connectivity index (χ4n) is 4.02. The molecule has 1 aliphatic heterocycles. The smallest absolute Gasteiger partial charge is 0.304 e. The Hall–Kier alpha value is -3.50. The molecule has 218 valence electrons. The Morgan fingerprint density at radius 1 is 0.875 bits per heavy atom. The van der Waals surface area contributed by atoms with Gasteiger partial charge in [-0.15, -0.1) is 0 Å². The van der Waals surface area contributed by atoms with Gasteiger partial charge in [-0.05, 0) is 12.1 Å². The molecule has 3 rings (SSSR count).